The molecule has 0 fully saturated rings. The van der Waals surface area contributed by atoms with Gasteiger partial charge >= 0.3 is 0 Å². The highest BCUT2D eigenvalue weighted by molar-refractivity contribution is 5.31. The Balaban J connectivity index is 3.77. The molecule has 0 saturated heterocycles. The predicted molar refractivity (Wildman–Crippen MR) is 105 cm³/mol. The minimum absolute atomic E-state index is 0.381. The van der Waals surface area contributed by atoms with Gasteiger partial charge in [-0.1, -0.05) is 35.7 Å². The molecule has 0 radical (unpaired) electrons. The van der Waals surface area contributed by atoms with E-state index in [0.717, 1.165) is 19.3 Å². The molecule has 2 atom stereocenters. The topological polar surface area (TPSA) is 60.7 Å². The van der Waals surface area contributed by atoms with Gasteiger partial charge < -0.3 is 15.3 Å². The first-order valence-electron chi connectivity index (χ1n) is 8.42. The van der Waals surface area contributed by atoms with Gasteiger partial charge in [0.2, 0.25) is 0 Å². The summed E-state index contributed by atoms with van der Waals surface area (Å²) >= 11 is 0. The second kappa shape index (κ2) is 18.5. The number of aliphatic hydroxyl groups is 3. The predicted octanol–water partition coefficient (Wildman–Crippen LogP) is 1.80. The quantitative estimate of drug-likeness (QED) is 0.463. The van der Waals surface area contributed by atoms with Crippen LogP contribution in [-0.4, -0.2) is 34.1 Å². The summed E-state index contributed by atoms with van der Waals surface area (Å²) in [7, 11) is 0. The van der Waals surface area contributed by atoms with Crippen molar-refractivity contribution in [2.45, 2.75) is 50.7 Å². The Hall–Kier alpha value is -2.84. The molecule has 26 heavy (non-hydrogen) atoms. The van der Waals surface area contributed by atoms with Crippen LogP contribution in [0.2, 0.25) is 0 Å². The number of terminal acetylenes is 1. The highest BCUT2D eigenvalue weighted by Gasteiger charge is 1.96. The van der Waals surface area contributed by atoms with Gasteiger partial charge in [0, 0.05) is 12.8 Å². The van der Waals surface area contributed by atoms with Gasteiger partial charge in [-0.2, -0.15) is 0 Å². The second-order valence-electron chi connectivity index (χ2n) is 5.12. The minimum Gasteiger partial charge on any atom is -0.393 e. The SMILES string of the molecule is C#C/C=C\[C@H](O)CCC/C=C\C#CC#CCCCC#CC#C[C@@H](O)CO. The van der Waals surface area contributed by atoms with E-state index in [2.05, 4.69) is 53.3 Å². The van der Waals surface area contributed by atoms with Crippen molar-refractivity contribution in [1.29, 1.82) is 0 Å². The van der Waals surface area contributed by atoms with Gasteiger partial charge in [-0.05, 0) is 67.6 Å². The highest BCUT2D eigenvalue weighted by atomic mass is 16.3. The van der Waals surface area contributed by atoms with Crippen LogP contribution in [0.3, 0.4) is 0 Å². The summed E-state index contributed by atoms with van der Waals surface area (Å²) in [5.41, 5.74) is 0. The van der Waals surface area contributed by atoms with Gasteiger partial charge in [0.05, 0.1) is 12.7 Å². The van der Waals surface area contributed by atoms with Crippen molar-refractivity contribution >= 4 is 0 Å². The van der Waals surface area contributed by atoms with E-state index < -0.39 is 12.2 Å². The van der Waals surface area contributed by atoms with E-state index in [9.17, 15) is 5.11 Å². The van der Waals surface area contributed by atoms with Crippen molar-refractivity contribution in [3.8, 4) is 59.7 Å². The van der Waals surface area contributed by atoms with Gasteiger partial charge in [-0.15, -0.1) is 6.42 Å². The monoisotopic (exact) mass is 348 g/mol. The van der Waals surface area contributed by atoms with Gasteiger partial charge in [-0.3, -0.25) is 0 Å². The third-order valence-electron chi connectivity index (χ3n) is 2.88. The van der Waals surface area contributed by atoms with E-state index in [0.29, 0.717) is 19.3 Å². The average Bonchev–Trinajstić information content (AvgIpc) is 2.65. The number of unbranched alkanes of at least 4 members (excludes halogenated alkanes) is 3. The van der Waals surface area contributed by atoms with Crippen LogP contribution in [0.1, 0.15) is 38.5 Å². The van der Waals surface area contributed by atoms with E-state index in [1.807, 2.05) is 6.08 Å². The highest BCUT2D eigenvalue weighted by Crippen LogP contribution is 2.02. The van der Waals surface area contributed by atoms with E-state index in [-0.39, 0.29) is 6.61 Å². The Bertz CT molecular complexity index is 722. The minimum atomic E-state index is -1.02. The van der Waals surface area contributed by atoms with Crippen LogP contribution in [-0.2, 0) is 0 Å². The summed E-state index contributed by atoms with van der Waals surface area (Å²) in [6.45, 7) is -0.381. The number of hydrogen-bond donors (Lipinski definition) is 3. The Morgan fingerprint density at radius 3 is 2.35 bits per heavy atom. The van der Waals surface area contributed by atoms with Gasteiger partial charge in [0.15, 0.2) is 0 Å². The van der Waals surface area contributed by atoms with Crippen LogP contribution in [0.15, 0.2) is 24.3 Å². The summed E-state index contributed by atoms with van der Waals surface area (Å²) in [6.07, 6.45) is 15.0. The van der Waals surface area contributed by atoms with Crippen LogP contribution in [0, 0.1) is 59.7 Å². The Morgan fingerprint density at radius 2 is 1.65 bits per heavy atom. The maximum absolute atomic E-state index is 9.53. The summed E-state index contributed by atoms with van der Waals surface area (Å²) in [5.74, 6) is 24.0. The molecule has 0 aromatic carbocycles. The summed E-state index contributed by atoms with van der Waals surface area (Å²) in [5, 5.41) is 27.0. The molecule has 3 nitrogen and oxygen atoms in total. The van der Waals surface area contributed by atoms with Crippen molar-refractivity contribution in [3.05, 3.63) is 24.3 Å². The molecule has 0 aromatic heterocycles. The number of allylic oxidation sites excluding steroid dienone is 3. The van der Waals surface area contributed by atoms with Gasteiger partial charge in [0.25, 0.3) is 0 Å². The molecule has 3 N–H and O–H groups in total. The van der Waals surface area contributed by atoms with Crippen LogP contribution < -0.4 is 0 Å². The normalized spacial score (nSPS) is 11.6. The Kier molecular flexibility index (Phi) is 16.5. The van der Waals surface area contributed by atoms with Crippen LogP contribution in [0.5, 0.6) is 0 Å². The molecule has 0 aromatic rings. The van der Waals surface area contributed by atoms with Crippen molar-refractivity contribution in [3.63, 3.8) is 0 Å². The van der Waals surface area contributed by atoms with Crippen molar-refractivity contribution in [2.75, 3.05) is 6.61 Å². The lowest BCUT2D eigenvalue weighted by Gasteiger charge is -2.01. The molecular weight excluding hydrogens is 324 g/mol. The largest absolute Gasteiger partial charge is 0.393 e. The molecule has 0 rings (SSSR count). The molecular formula is C23H24O3. The van der Waals surface area contributed by atoms with Crippen LogP contribution in [0.25, 0.3) is 0 Å². The lowest BCUT2D eigenvalue weighted by Crippen LogP contribution is -2.07. The summed E-state index contributed by atoms with van der Waals surface area (Å²) in [4.78, 5) is 0. The lowest BCUT2D eigenvalue weighted by atomic mass is 10.1. The maximum Gasteiger partial charge on any atom is 0.138 e. The first-order chi connectivity index (χ1) is 12.7. The molecule has 0 saturated carbocycles. The van der Waals surface area contributed by atoms with E-state index in [4.69, 9.17) is 16.6 Å². The Morgan fingerprint density at radius 1 is 0.923 bits per heavy atom. The first-order valence-corrected chi connectivity index (χ1v) is 8.42. The maximum atomic E-state index is 9.53. The van der Waals surface area contributed by atoms with E-state index >= 15 is 0 Å². The molecule has 0 heterocycles. The zero-order valence-electron chi connectivity index (χ0n) is 14.8. The molecule has 0 aliphatic heterocycles. The molecule has 0 aliphatic rings. The Labute approximate surface area is 157 Å². The fraction of sp³-hybridized carbons (Fsp3) is 0.391. The second-order valence-corrected chi connectivity index (χ2v) is 5.12. The summed E-state index contributed by atoms with van der Waals surface area (Å²) < 4.78 is 0. The van der Waals surface area contributed by atoms with E-state index in [1.54, 1.807) is 12.2 Å². The number of aliphatic hydroxyl groups excluding tert-OH is 3. The molecule has 134 valence electrons. The zero-order valence-corrected chi connectivity index (χ0v) is 14.8. The molecule has 0 spiro atoms. The number of hydrogen-bond acceptors (Lipinski definition) is 3. The molecule has 0 bridgehead atoms. The third kappa shape index (κ3) is 17.5. The van der Waals surface area contributed by atoms with Gasteiger partial charge in [-0.25, -0.2) is 0 Å². The summed E-state index contributed by atoms with van der Waals surface area (Å²) in [6, 6.07) is 0. The van der Waals surface area contributed by atoms with Crippen LogP contribution >= 0.6 is 0 Å². The molecule has 0 aliphatic carbocycles. The number of rotatable bonds is 8. The third-order valence-corrected chi connectivity index (χ3v) is 2.88. The smallest absolute Gasteiger partial charge is 0.138 e. The molecule has 3 heteroatoms. The van der Waals surface area contributed by atoms with Crippen LogP contribution in [0.4, 0.5) is 0 Å². The van der Waals surface area contributed by atoms with Gasteiger partial charge in [0.1, 0.15) is 6.10 Å². The van der Waals surface area contributed by atoms with Crippen molar-refractivity contribution in [2.24, 2.45) is 0 Å². The fourth-order valence-electron chi connectivity index (χ4n) is 1.57. The van der Waals surface area contributed by atoms with E-state index in [1.165, 1.54) is 6.08 Å². The standard InChI is InChI=1S/C23H24O3/c1-2-3-18-22(25)19-16-14-12-10-8-6-4-5-7-9-11-13-15-17-20-23(26)21-24/h1,3,10,12,18,22-26H,7,9,11,14,16,19,21H2/b12-10-,18-3-/t22-,23+/m0/s1. The van der Waals surface area contributed by atoms with Crippen molar-refractivity contribution < 1.29 is 15.3 Å². The lowest BCUT2D eigenvalue weighted by molar-refractivity contribution is 0.138. The molecule has 0 unspecified atom stereocenters. The first kappa shape index (κ1) is 23.2. The zero-order chi connectivity index (χ0) is 19.3. The van der Waals surface area contributed by atoms with Crippen molar-refractivity contribution in [1.82, 2.24) is 0 Å². The average molecular weight is 348 g/mol. The fourth-order valence-corrected chi connectivity index (χ4v) is 1.57. The molecule has 0 amide bonds.